The molecule has 0 bridgehead atoms. The average molecular weight is 585 g/mol. The van der Waals surface area contributed by atoms with Crippen molar-refractivity contribution in [2.24, 2.45) is 0 Å². The first-order valence-corrected chi connectivity index (χ1v) is 13.6. The van der Waals surface area contributed by atoms with Crippen LogP contribution in [-0.2, 0) is 29.1 Å². The van der Waals surface area contributed by atoms with Gasteiger partial charge in [0.25, 0.3) is 0 Å². The Morgan fingerprint density at radius 1 is 0.628 bits per heavy atom. The minimum absolute atomic E-state index is 0.000251. The first-order chi connectivity index (χ1) is 20.7. The second-order valence-corrected chi connectivity index (χ2v) is 9.96. The summed E-state index contributed by atoms with van der Waals surface area (Å²) in [4.78, 5) is 46.0. The molecule has 222 valence electrons. The zero-order chi connectivity index (χ0) is 30.8. The summed E-state index contributed by atoms with van der Waals surface area (Å²) in [5.74, 6) is -2.09. The molecule has 0 aliphatic carbocycles. The molecule has 0 spiro atoms. The summed E-state index contributed by atoms with van der Waals surface area (Å²) in [7, 11) is 0. The van der Waals surface area contributed by atoms with Gasteiger partial charge >= 0.3 is 17.9 Å². The molecule has 0 fully saturated rings. The Kier molecular flexibility index (Phi) is 10.6. The smallest absolute Gasteiger partial charge is 0.344 e. The van der Waals surface area contributed by atoms with Gasteiger partial charge in [0.2, 0.25) is 0 Å². The maximum absolute atomic E-state index is 12.5. The van der Waals surface area contributed by atoms with Crippen LogP contribution >= 0.6 is 0 Å². The molecule has 0 amide bonds. The van der Waals surface area contributed by atoms with Crippen molar-refractivity contribution < 1.29 is 43.8 Å². The quantitative estimate of drug-likeness (QED) is 0.0582. The zero-order valence-electron chi connectivity index (χ0n) is 23.9. The fraction of sp³-hybridized carbons (Fsp3) is 0.206. The van der Waals surface area contributed by atoms with Gasteiger partial charge in [0.15, 0.2) is 5.75 Å². The number of hydrogen-bond acceptors (Lipinski definition) is 7. The van der Waals surface area contributed by atoms with Gasteiger partial charge in [0, 0.05) is 0 Å². The zero-order valence-corrected chi connectivity index (χ0v) is 23.9. The van der Waals surface area contributed by atoms with E-state index in [1.807, 2.05) is 37.3 Å². The first kappa shape index (κ1) is 31.0. The third kappa shape index (κ3) is 9.00. The lowest BCUT2D eigenvalue weighted by Crippen LogP contribution is -2.14. The van der Waals surface area contributed by atoms with Crippen LogP contribution in [0, 0.1) is 13.8 Å². The predicted molar refractivity (Wildman–Crippen MR) is 158 cm³/mol. The number of rotatable bonds is 14. The highest BCUT2D eigenvalue weighted by Crippen LogP contribution is 2.19. The van der Waals surface area contributed by atoms with Crippen molar-refractivity contribution in [2.75, 3.05) is 13.2 Å². The molecule has 0 atom stereocenters. The van der Waals surface area contributed by atoms with E-state index in [2.05, 4.69) is 0 Å². The van der Waals surface area contributed by atoms with Crippen LogP contribution in [0.1, 0.15) is 58.9 Å². The highest BCUT2D eigenvalue weighted by atomic mass is 17.2. The lowest BCUT2D eigenvalue weighted by molar-refractivity contribution is -0.217. The van der Waals surface area contributed by atoms with Crippen molar-refractivity contribution in [2.45, 2.75) is 33.3 Å². The van der Waals surface area contributed by atoms with Crippen LogP contribution in [0.15, 0.2) is 84.9 Å². The lowest BCUT2D eigenvalue weighted by atomic mass is 10.0. The molecule has 4 aromatic carbocycles. The largest absolute Gasteiger partial charge is 0.478 e. The van der Waals surface area contributed by atoms with Gasteiger partial charge in [0.1, 0.15) is 12.4 Å². The van der Waals surface area contributed by atoms with Crippen LogP contribution in [0.2, 0.25) is 0 Å². The van der Waals surface area contributed by atoms with E-state index in [-0.39, 0.29) is 23.3 Å². The molecule has 0 saturated heterocycles. The summed E-state index contributed by atoms with van der Waals surface area (Å²) in [6.45, 7) is 4.63. The number of carbonyl (C=O) groups is 3. The summed E-state index contributed by atoms with van der Waals surface area (Å²) >= 11 is 0. The molecule has 43 heavy (non-hydrogen) atoms. The number of carbonyl (C=O) groups excluding carboxylic acids is 1. The normalized spacial score (nSPS) is 10.7. The van der Waals surface area contributed by atoms with E-state index in [0.29, 0.717) is 43.1 Å². The van der Waals surface area contributed by atoms with E-state index in [1.54, 1.807) is 49.4 Å². The topological polar surface area (TPSA) is 129 Å². The summed E-state index contributed by atoms with van der Waals surface area (Å²) in [5.41, 5.74) is 4.28. The van der Waals surface area contributed by atoms with Crippen LogP contribution in [0.3, 0.4) is 0 Å². The SMILES string of the molecule is Cc1ccc(COOc2ccc(CCOCCc3ccc(OC(=O)c4ccc(C)cc4C(=O)O)cc3)cc2)c(C(=O)O)c1. The molecule has 2 N–H and O–H groups in total. The summed E-state index contributed by atoms with van der Waals surface area (Å²) in [5, 5.41) is 18.7. The Bertz CT molecular complexity index is 1570. The van der Waals surface area contributed by atoms with E-state index < -0.39 is 17.9 Å². The van der Waals surface area contributed by atoms with Crippen LogP contribution in [0.4, 0.5) is 0 Å². The van der Waals surface area contributed by atoms with Crippen LogP contribution in [-0.4, -0.2) is 41.3 Å². The molecule has 0 radical (unpaired) electrons. The number of aryl methyl sites for hydroxylation is 2. The van der Waals surface area contributed by atoms with Crippen LogP contribution in [0.5, 0.6) is 11.5 Å². The summed E-state index contributed by atoms with van der Waals surface area (Å²) in [6.07, 6.45) is 1.38. The number of ether oxygens (including phenoxy) is 2. The van der Waals surface area contributed by atoms with Gasteiger partial charge in [-0.25, -0.2) is 14.4 Å². The van der Waals surface area contributed by atoms with E-state index in [1.165, 1.54) is 12.1 Å². The van der Waals surface area contributed by atoms with Crippen molar-refractivity contribution in [3.05, 3.63) is 129 Å². The second kappa shape index (κ2) is 14.8. The Morgan fingerprint density at radius 3 is 1.74 bits per heavy atom. The molecule has 0 aromatic heterocycles. The Morgan fingerprint density at radius 2 is 1.16 bits per heavy atom. The van der Waals surface area contributed by atoms with E-state index in [4.69, 9.17) is 19.2 Å². The van der Waals surface area contributed by atoms with Gasteiger partial charge < -0.3 is 24.6 Å². The minimum atomic E-state index is -1.19. The van der Waals surface area contributed by atoms with Gasteiger partial charge in [-0.2, -0.15) is 4.89 Å². The standard InChI is InChI=1S/C34H32O9/c1-22-3-9-26(30(19-22)32(35)36)21-41-43-28-12-7-25(8-13-28)16-18-40-17-15-24-5-10-27(11-6-24)42-34(39)29-14-4-23(2)20-31(29)33(37)38/h3-14,19-20H,15-18,21H2,1-2H3,(H,35,36)(H,37,38). The summed E-state index contributed by atoms with van der Waals surface area (Å²) in [6, 6.07) is 24.1. The van der Waals surface area contributed by atoms with Gasteiger partial charge in [-0.15, -0.1) is 0 Å². The molecular formula is C34H32O9. The predicted octanol–water partition coefficient (Wildman–Crippen LogP) is 6.23. The third-order valence-electron chi connectivity index (χ3n) is 6.62. The molecule has 4 rings (SSSR count). The van der Waals surface area contributed by atoms with Gasteiger partial charge in [-0.3, -0.25) is 0 Å². The molecule has 9 nitrogen and oxygen atoms in total. The molecule has 9 heteroatoms. The van der Waals surface area contributed by atoms with Crippen molar-refractivity contribution in [1.29, 1.82) is 0 Å². The number of esters is 1. The Hall–Kier alpha value is -4.99. The highest BCUT2D eigenvalue weighted by Gasteiger charge is 2.18. The molecular weight excluding hydrogens is 552 g/mol. The van der Waals surface area contributed by atoms with Crippen molar-refractivity contribution in [1.82, 2.24) is 0 Å². The second-order valence-electron chi connectivity index (χ2n) is 9.96. The number of carboxylic acids is 2. The van der Waals surface area contributed by atoms with Crippen molar-refractivity contribution in [3.8, 4) is 11.5 Å². The number of hydrogen-bond donors (Lipinski definition) is 2. The molecule has 0 aliphatic heterocycles. The minimum Gasteiger partial charge on any atom is -0.478 e. The van der Waals surface area contributed by atoms with Gasteiger partial charge in [0.05, 0.1) is 29.9 Å². The Labute approximate surface area is 249 Å². The lowest BCUT2D eigenvalue weighted by Gasteiger charge is -2.09. The number of benzene rings is 4. The first-order valence-electron chi connectivity index (χ1n) is 13.6. The van der Waals surface area contributed by atoms with Crippen molar-refractivity contribution in [3.63, 3.8) is 0 Å². The van der Waals surface area contributed by atoms with Gasteiger partial charge in [-0.1, -0.05) is 53.6 Å². The fourth-order valence-corrected chi connectivity index (χ4v) is 4.27. The maximum Gasteiger partial charge on any atom is 0.344 e. The van der Waals surface area contributed by atoms with Crippen LogP contribution < -0.4 is 9.62 Å². The fourth-order valence-electron chi connectivity index (χ4n) is 4.27. The molecule has 0 saturated carbocycles. The molecule has 4 aromatic rings. The van der Waals surface area contributed by atoms with E-state index in [9.17, 15) is 24.6 Å². The number of aromatic carboxylic acids is 2. The Balaban J connectivity index is 1.15. The van der Waals surface area contributed by atoms with Gasteiger partial charge in [-0.05, 0) is 85.8 Å². The maximum atomic E-state index is 12.5. The third-order valence-corrected chi connectivity index (χ3v) is 6.62. The molecule has 0 unspecified atom stereocenters. The molecule has 0 aliphatic rings. The monoisotopic (exact) mass is 584 g/mol. The van der Waals surface area contributed by atoms with Crippen LogP contribution in [0.25, 0.3) is 0 Å². The highest BCUT2D eigenvalue weighted by molar-refractivity contribution is 6.03. The summed E-state index contributed by atoms with van der Waals surface area (Å²) < 4.78 is 11.2. The van der Waals surface area contributed by atoms with E-state index >= 15 is 0 Å². The van der Waals surface area contributed by atoms with E-state index in [0.717, 1.165) is 22.3 Å². The van der Waals surface area contributed by atoms with Crippen molar-refractivity contribution >= 4 is 17.9 Å². The molecule has 0 heterocycles. The average Bonchev–Trinajstić information content (AvgIpc) is 2.99. The number of carboxylic acid groups (broad SMARTS) is 2.